The molecule has 0 aliphatic heterocycles. The van der Waals surface area contributed by atoms with Crippen molar-refractivity contribution in [2.75, 3.05) is 5.32 Å². The van der Waals surface area contributed by atoms with Gasteiger partial charge in [0.2, 0.25) is 0 Å². The summed E-state index contributed by atoms with van der Waals surface area (Å²) in [7, 11) is 0. The van der Waals surface area contributed by atoms with Gasteiger partial charge >= 0.3 is 0 Å². The van der Waals surface area contributed by atoms with E-state index in [1.165, 1.54) is 28.8 Å². The lowest BCUT2D eigenvalue weighted by molar-refractivity contribution is 0.628. The predicted octanol–water partition coefficient (Wildman–Crippen LogP) is 5.14. The molecule has 0 aliphatic rings. The fraction of sp³-hybridized carbons (Fsp3) is 0.235. The van der Waals surface area contributed by atoms with E-state index in [0.717, 1.165) is 0 Å². The summed E-state index contributed by atoms with van der Waals surface area (Å²) in [6.45, 7) is 6.19. The van der Waals surface area contributed by atoms with E-state index in [2.05, 4.69) is 42.7 Å². The summed E-state index contributed by atoms with van der Waals surface area (Å²) < 4.78 is 13.1. The zero-order valence-electron chi connectivity index (χ0n) is 12.7. The Morgan fingerprint density at radius 2 is 1.91 bits per heavy atom. The highest BCUT2D eigenvalue weighted by Crippen LogP contribution is 2.21. The zero-order valence-corrected chi connectivity index (χ0v) is 14.3. The summed E-state index contributed by atoms with van der Waals surface area (Å²) in [6, 6.07) is 10.8. The molecular weight excluding hydrogens is 319 g/mol. The standard InChI is InChI=1S/C17H18ClFN2S/c1-10-4-6-14(11(2)8-10)12(3)20-17(22)21-13-5-7-16(19)15(18)9-13/h4-9,12H,1-3H3,(H2,20,21,22)/t12-/m1/s1. The van der Waals surface area contributed by atoms with Crippen LogP contribution in [0.4, 0.5) is 10.1 Å². The Morgan fingerprint density at radius 3 is 2.55 bits per heavy atom. The molecule has 1 atom stereocenters. The van der Waals surface area contributed by atoms with E-state index in [1.807, 2.05) is 6.92 Å². The highest BCUT2D eigenvalue weighted by molar-refractivity contribution is 7.80. The smallest absolute Gasteiger partial charge is 0.171 e. The van der Waals surface area contributed by atoms with Crippen molar-refractivity contribution in [3.8, 4) is 0 Å². The van der Waals surface area contributed by atoms with Crippen molar-refractivity contribution in [2.45, 2.75) is 26.8 Å². The first-order valence-electron chi connectivity index (χ1n) is 6.96. The van der Waals surface area contributed by atoms with E-state index in [-0.39, 0.29) is 11.1 Å². The van der Waals surface area contributed by atoms with Gasteiger partial charge in [0.05, 0.1) is 11.1 Å². The molecule has 0 amide bonds. The minimum absolute atomic E-state index is 0.0650. The summed E-state index contributed by atoms with van der Waals surface area (Å²) in [5.74, 6) is -0.449. The van der Waals surface area contributed by atoms with Crippen LogP contribution in [0.1, 0.15) is 29.7 Å². The van der Waals surface area contributed by atoms with Gasteiger partial charge in [-0.3, -0.25) is 0 Å². The maximum Gasteiger partial charge on any atom is 0.171 e. The molecule has 0 unspecified atom stereocenters. The van der Waals surface area contributed by atoms with Crippen LogP contribution in [0, 0.1) is 19.7 Å². The first-order valence-corrected chi connectivity index (χ1v) is 7.75. The number of halogens is 2. The number of rotatable bonds is 3. The molecule has 0 aliphatic carbocycles. The van der Waals surface area contributed by atoms with Crippen molar-refractivity contribution in [1.82, 2.24) is 5.32 Å². The summed E-state index contributed by atoms with van der Waals surface area (Å²) in [4.78, 5) is 0. The molecule has 116 valence electrons. The molecule has 0 heterocycles. The molecule has 2 aromatic rings. The summed E-state index contributed by atoms with van der Waals surface area (Å²) in [5, 5.41) is 6.77. The van der Waals surface area contributed by atoms with Gasteiger partial charge in [-0.05, 0) is 62.3 Å². The number of nitrogens with one attached hydrogen (secondary N) is 2. The Bertz CT molecular complexity index is 703. The topological polar surface area (TPSA) is 24.1 Å². The van der Waals surface area contributed by atoms with Gasteiger partial charge in [0, 0.05) is 5.69 Å². The lowest BCUT2D eigenvalue weighted by Crippen LogP contribution is -2.31. The molecule has 5 heteroatoms. The zero-order chi connectivity index (χ0) is 16.3. The lowest BCUT2D eigenvalue weighted by atomic mass is 10.0. The van der Waals surface area contributed by atoms with Crippen LogP contribution in [0.15, 0.2) is 36.4 Å². The monoisotopic (exact) mass is 336 g/mol. The fourth-order valence-corrected chi connectivity index (χ4v) is 2.80. The van der Waals surface area contributed by atoms with Crippen LogP contribution in [0.25, 0.3) is 0 Å². The van der Waals surface area contributed by atoms with Gasteiger partial charge < -0.3 is 10.6 Å². The SMILES string of the molecule is Cc1ccc([C@@H](C)NC(=S)Nc2ccc(F)c(Cl)c2)c(C)c1. The molecular formula is C17H18ClFN2S. The van der Waals surface area contributed by atoms with Crippen LogP contribution in [-0.4, -0.2) is 5.11 Å². The summed E-state index contributed by atoms with van der Waals surface area (Å²) in [6.07, 6.45) is 0. The van der Waals surface area contributed by atoms with E-state index in [4.69, 9.17) is 23.8 Å². The van der Waals surface area contributed by atoms with Gasteiger partial charge in [-0.15, -0.1) is 0 Å². The Kier molecular flexibility index (Phi) is 5.37. The lowest BCUT2D eigenvalue weighted by Gasteiger charge is -2.19. The van der Waals surface area contributed by atoms with E-state index in [1.54, 1.807) is 6.07 Å². The molecule has 2 nitrogen and oxygen atoms in total. The molecule has 2 N–H and O–H groups in total. The van der Waals surface area contributed by atoms with Gasteiger partial charge in [0.1, 0.15) is 5.82 Å². The molecule has 0 saturated carbocycles. The normalized spacial score (nSPS) is 11.9. The molecule has 2 aromatic carbocycles. The van der Waals surface area contributed by atoms with E-state index >= 15 is 0 Å². The Labute approximate surface area is 140 Å². The van der Waals surface area contributed by atoms with Crippen LogP contribution in [-0.2, 0) is 0 Å². The Hall–Kier alpha value is -1.65. The number of aryl methyl sites for hydroxylation is 2. The number of anilines is 1. The first-order chi connectivity index (χ1) is 10.4. The van der Waals surface area contributed by atoms with Gasteiger partial charge in [0.15, 0.2) is 5.11 Å². The van der Waals surface area contributed by atoms with E-state index < -0.39 is 5.82 Å². The molecule has 0 fully saturated rings. The van der Waals surface area contributed by atoms with E-state index in [9.17, 15) is 4.39 Å². The average molecular weight is 337 g/mol. The molecule has 0 aromatic heterocycles. The minimum atomic E-state index is -0.449. The molecule has 0 radical (unpaired) electrons. The van der Waals surface area contributed by atoms with Crippen LogP contribution in [0.5, 0.6) is 0 Å². The first kappa shape index (κ1) is 16.7. The van der Waals surface area contributed by atoms with Crippen molar-refractivity contribution in [3.63, 3.8) is 0 Å². The quantitative estimate of drug-likeness (QED) is 0.758. The van der Waals surface area contributed by atoms with Crippen LogP contribution < -0.4 is 10.6 Å². The number of benzene rings is 2. The largest absolute Gasteiger partial charge is 0.356 e. The second-order valence-electron chi connectivity index (χ2n) is 5.31. The Morgan fingerprint density at radius 1 is 1.18 bits per heavy atom. The highest BCUT2D eigenvalue weighted by Gasteiger charge is 2.10. The molecule has 22 heavy (non-hydrogen) atoms. The van der Waals surface area contributed by atoms with Crippen LogP contribution in [0.3, 0.4) is 0 Å². The van der Waals surface area contributed by atoms with Crippen molar-refractivity contribution in [3.05, 3.63) is 63.9 Å². The van der Waals surface area contributed by atoms with Crippen molar-refractivity contribution in [1.29, 1.82) is 0 Å². The van der Waals surface area contributed by atoms with Gasteiger partial charge in [-0.1, -0.05) is 35.4 Å². The van der Waals surface area contributed by atoms with Gasteiger partial charge in [-0.2, -0.15) is 0 Å². The Balaban J connectivity index is 2.03. The van der Waals surface area contributed by atoms with Gasteiger partial charge in [-0.25, -0.2) is 4.39 Å². The average Bonchev–Trinajstić information content (AvgIpc) is 2.42. The maximum absolute atomic E-state index is 13.1. The molecule has 0 saturated heterocycles. The number of hydrogen-bond acceptors (Lipinski definition) is 1. The third-order valence-electron chi connectivity index (χ3n) is 3.42. The van der Waals surface area contributed by atoms with Gasteiger partial charge in [0.25, 0.3) is 0 Å². The van der Waals surface area contributed by atoms with Crippen LogP contribution >= 0.6 is 23.8 Å². The summed E-state index contributed by atoms with van der Waals surface area (Å²) in [5.41, 5.74) is 4.28. The van der Waals surface area contributed by atoms with Crippen LogP contribution in [0.2, 0.25) is 5.02 Å². The van der Waals surface area contributed by atoms with Crippen molar-refractivity contribution >= 4 is 34.6 Å². The molecule has 2 rings (SSSR count). The molecule has 0 bridgehead atoms. The predicted molar refractivity (Wildman–Crippen MR) is 95.1 cm³/mol. The second-order valence-corrected chi connectivity index (χ2v) is 6.12. The minimum Gasteiger partial charge on any atom is -0.356 e. The highest BCUT2D eigenvalue weighted by atomic mass is 35.5. The number of thiocarbonyl (C=S) groups is 1. The third kappa shape index (κ3) is 4.18. The summed E-state index contributed by atoms with van der Waals surface area (Å²) >= 11 is 11.1. The van der Waals surface area contributed by atoms with Crippen molar-refractivity contribution in [2.24, 2.45) is 0 Å². The van der Waals surface area contributed by atoms with E-state index in [0.29, 0.717) is 10.8 Å². The third-order valence-corrected chi connectivity index (χ3v) is 3.93. The maximum atomic E-state index is 13.1. The number of hydrogen-bond donors (Lipinski definition) is 2. The molecule has 0 spiro atoms. The fourth-order valence-electron chi connectivity index (χ4n) is 2.33. The van der Waals surface area contributed by atoms with Crippen molar-refractivity contribution < 1.29 is 4.39 Å². The second kappa shape index (κ2) is 7.07.